The first-order chi connectivity index (χ1) is 8.00. The smallest absolute Gasteiger partial charge is 0.1000 e. The minimum atomic E-state index is -0.811. The van der Waals surface area contributed by atoms with Crippen molar-refractivity contribution in [1.82, 2.24) is 4.31 Å². The maximum atomic E-state index is 12.6. The van der Waals surface area contributed by atoms with E-state index < -0.39 is 11.0 Å². The topological polar surface area (TPSA) is 20.3 Å². The predicted octanol–water partition coefficient (Wildman–Crippen LogP) is 3.49. The molecular weight excluding hydrogens is 230 g/mol. The van der Waals surface area contributed by atoms with Gasteiger partial charge >= 0.3 is 0 Å². The molecule has 0 amide bonds. The van der Waals surface area contributed by atoms with E-state index in [0.29, 0.717) is 6.04 Å². The van der Waals surface area contributed by atoms with E-state index >= 15 is 0 Å². The number of hydrogen-bond donors (Lipinski definition) is 0. The Morgan fingerprint density at radius 3 is 2.24 bits per heavy atom. The minimum Gasteiger partial charge on any atom is -0.242 e. The summed E-state index contributed by atoms with van der Waals surface area (Å²) in [5.41, 5.74) is 0. The van der Waals surface area contributed by atoms with E-state index in [1.807, 2.05) is 0 Å². The van der Waals surface area contributed by atoms with Crippen LogP contribution in [-0.2, 0) is 11.0 Å². The molecule has 1 aliphatic heterocycles. The minimum absolute atomic E-state index is 0.0999. The molecule has 2 atom stereocenters. The Morgan fingerprint density at radius 1 is 1.00 bits per heavy atom. The molecule has 0 N–H and O–H groups in total. The van der Waals surface area contributed by atoms with Gasteiger partial charge in [0.15, 0.2) is 0 Å². The molecule has 1 saturated heterocycles. The summed E-state index contributed by atoms with van der Waals surface area (Å²) >= 11 is 0. The first kappa shape index (κ1) is 13.5. The van der Waals surface area contributed by atoms with Gasteiger partial charge in [-0.25, -0.2) is 8.51 Å². The quantitative estimate of drug-likeness (QED) is 0.741. The largest absolute Gasteiger partial charge is 0.242 e. The van der Waals surface area contributed by atoms with Gasteiger partial charge in [-0.05, 0) is 52.4 Å². The van der Waals surface area contributed by atoms with Crippen LogP contribution >= 0.6 is 0 Å². The lowest BCUT2D eigenvalue weighted by Gasteiger charge is -2.36. The highest BCUT2D eigenvalue weighted by Gasteiger charge is 2.38. The highest BCUT2D eigenvalue weighted by atomic mass is 32.2. The van der Waals surface area contributed by atoms with Gasteiger partial charge in [-0.15, -0.1) is 0 Å². The summed E-state index contributed by atoms with van der Waals surface area (Å²) in [4.78, 5) is 0. The molecule has 1 unspecified atom stereocenters. The molecule has 1 aliphatic carbocycles. The normalized spacial score (nSPS) is 30.6. The molecule has 2 fully saturated rings. The van der Waals surface area contributed by atoms with Crippen LogP contribution in [0.4, 0.5) is 0 Å². The van der Waals surface area contributed by atoms with E-state index in [1.54, 1.807) is 0 Å². The summed E-state index contributed by atoms with van der Waals surface area (Å²) in [5.74, 6) is 0.817. The first-order valence-corrected chi connectivity index (χ1v) is 8.29. The molecule has 0 aromatic rings. The van der Waals surface area contributed by atoms with Crippen molar-refractivity contribution in [2.24, 2.45) is 5.92 Å². The molecule has 0 spiro atoms. The van der Waals surface area contributed by atoms with Crippen LogP contribution < -0.4 is 0 Å². The SMILES string of the molecule is CC(C)(C)S(=O)N1CCC[C@@H]1C1CCCCC1. The van der Waals surface area contributed by atoms with Crippen LogP contribution in [0, 0.1) is 5.92 Å². The van der Waals surface area contributed by atoms with Crippen molar-refractivity contribution in [2.45, 2.75) is 76.5 Å². The lowest BCUT2D eigenvalue weighted by molar-refractivity contribution is 0.230. The van der Waals surface area contributed by atoms with E-state index in [2.05, 4.69) is 25.1 Å². The molecule has 3 heteroatoms. The van der Waals surface area contributed by atoms with Crippen molar-refractivity contribution >= 4 is 11.0 Å². The van der Waals surface area contributed by atoms with E-state index in [0.717, 1.165) is 12.5 Å². The Bertz CT molecular complexity index is 278. The Morgan fingerprint density at radius 2 is 1.65 bits per heavy atom. The van der Waals surface area contributed by atoms with Crippen LogP contribution in [0.25, 0.3) is 0 Å². The second-order valence-corrected chi connectivity index (χ2v) is 8.80. The molecule has 2 nitrogen and oxygen atoms in total. The molecule has 17 heavy (non-hydrogen) atoms. The maximum absolute atomic E-state index is 12.6. The molecular formula is C14H27NOS. The molecule has 2 rings (SSSR count). The van der Waals surface area contributed by atoms with E-state index in [9.17, 15) is 4.21 Å². The third-order valence-electron chi connectivity index (χ3n) is 4.18. The van der Waals surface area contributed by atoms with Gasteiger partial charge in [0, 0.05) is 12.6 Å². The summed E-state index contributed by atoms with van der Waals surface area (Å²) in [6.45, 7) is 7.34. The molecule has 1 heterocycles. The zero-order chi connectivity index (χ0) is 12.5. The van der Waals surface area contributed by atoms with Gasteiger partial charge in [0.25, 0.3) is 0 Å². The molecule has 0 radical (unpaired) electrons. The van der Waals surface area contributed by atoms with Crippen LogP contribution in [0.2, 0.25) is 0 Å². The Balaban J connectivity index is 2.04. The molecule has 0 aromatic carbocycles. The van der Waals surface area contributed by atoms with Gasteiger partial charge in [0.2, 0.25) is 0 Å². The van der Waals surface area contributed by atoms with Crippen LogP contribution in [0.1, 0.15) is 65.7 Å². The average molecular weight is 257 g/mol. The summed E-state index contributed by atoms with van der Waals surface area (Å²) in [6.07, 6.45) is 9.42. The van der Waals surface area contributed by atoms with Crippen molar-refractivity contribution in [2.75, 3.05) is 6.54 Å². The van der Waals surface area contributed by atoms with Gasteiger partial charge in [-0.3, -0.25) is 0 Å². The highest BCUT2D eigenvalue weighted by molar-refractivity contribution is 7.84. The van der Waals surface area contributed by atoms with Gasteiger partial charge in [-0.2, -0.15) is 0 Å². The van der Waals surface area contributed by atoms with E-state index in [4.69, 9.17) is 0 Å². The van der Waals surface area contributed by atoms with Crippen molar-refractivity contribution in [1.29, 1.82) is 0 Å². The zero-order valence-electron chi connectivity index (χ0n) is 11.6. The van der Waals surface area contributed by atoms with E-state index in [-0.39, 0.29) is 4.75 Å². The molecule has 1 saturated carbocycles. The summed E-state index contributed by atoms with van der Waals surface area (Å²) < 4.78 is 14.8. The van der Waals surface area contributed by atoms with Crippen molar-refractivity contribution in [3.05, 3.63) is 0 Å². The Labute approximate surface area is 109 Å². The number of rotatable bonds is 2. The Hall–Kier alpha value is 0.110. The highest BCUT2D eigenvalue weighted by Crippen LogP contribution is 2.36. The monoisotopic (exact) mass is 257 g/mol. The third kappa shape index (κ3) is 3.11. The number of nitrogens with zero attached hydrogens (tertiary/aromatic N) is 1. The van der Waals surface area contributed by atoms with Crippen LogP contribution in [0.3, 0.4) is 0 Å². The van der Waals surface area contributed by atoms with Crippen molar-refractivity contribution in [3.63, 3.8) is 0 Å². The van der Waals surface area contributed by atoms with Gasteiger partial charge in [-0.1, -0.05) is 19.3 Å². The van der Waals surface area contributed by atoms with Gasteiger partial charge in [0.1, 0.15) is 0 Å². The second kappa shape index (κ2) is 5.40. The second-order valence-electron chi connectivity index (χ2n) is 6.61. The molecule has 100 valence electrons. The summed E-state index contributed by atoms with van der Waals surface area (Å²) in [6, 6.07) is 0.607. The average Bonchev–Trinajstić information content (AvgIpc) is 2.76. The number of hydrogen-bond acceptors (Lipinski definition) is 1. The molecule has 0 bridgehead atoms. The standard InChI is InChI=1S/C14H27NOS/c1-14(2,3)17(16)15-11-7-10-13(15)12-8-5-4-6-9-12/h12-13H,4-11H2,1-3H3/t13-,17?/m1/s1. The van der Waals surface area contributed by atoms with E-state index in [1.165, 1.54) is 44.9 Å². The summed E-state index contributed by atoms with van der Waals surface area (Å²) in [7, 11) is -0.811. The van der Waals surface area contributed by atoms with Crippen molar-refractivity contribution in [3.8, 4) is 0 Å². The fourth-order valence-corrected chi connectivity index (χ4v) is 4.84. The lowest BCUT2D eigenvalue weighted by Crippen LogP contribution is -2.43. The molecule has 0 aromatic heterocycles. The predicted molar refractivity (Wildman–Crippen MR) is 74.2 cm³/mol. The lowest BCUT2D eigenvalue weighted by atomic mass is 9.83. The molecule has 2 aliphatic rings. The Kier molecular flexibility index (Phi) is 4.30. The maximum Gasteiger partial charge on any atom is 0.1000 e. The fourth-order valence-electron chi connectivity index (χ4n) is 3.31. The third-order valence-corrected chi connectivity index (χ3v) is 6.11. The van der Waals surface area contributed by atoms with Crippen LogP contribution in [0.15, 0.2) is 0 Å². The van der Waals surface area contributed by atoms with Crippen molar-refractivity contribution < 1.29 is 4.21 Å². The first-order valence-electron chi connectivity index (χ1n) is 7.19. The van der Waals surface area contributed by atoms with Gasteiger partial charge < -0.3 is 0 Å². The van der Waals surface area contributed by atoms with Crippen LogP contribution in [-0.4, -0.2) is 25.8 Å². The summed E-state index contributed by atoms with van der Waals surface area (Å²) in [5, 5.41) is 0. The van der Waals surface area contributed by atoms with Gasteiger partial charge in [0.05, 0.1) is 15.7 Å². The fraction of sp³-hybridized carbons (Fsp3) is 1.00. The zero-order valence-corrected chi connectivity index (χ0v) is 12.4. The van der Waals surface area contributed by atoms with Crippen LogP contribution in [0.5, 0.6) is 0 Å².